The van der Waals surface area contributed by atoms with Crippen molar-refractivity contribution >= 4 is 16.9 Å². The van der Waals surface area contributed by atoms with Crippen molar-refractivity contribution in [2.75, 3.05) is 20.6 Å². The number of aromatic amines is 1. The molecule has 0 aliphatic heterocycles. The first-order valence-electron chi connectivity index (χ1n) is 7.27. The number of amides is 1. The lowest BCUT2D eigenvalue weighted by Gasteiger charge is -2.21. The molecule has 5 heteroatoms. The quantitative estimate of drug-likeness (QED) is 0.887. The minimum absolute atomic E-state index is 0.00957. The molecular formula is C16H24N4O. The van der Waals surface area contributed by atoms with Gasteiger partial charge in [0.05, 0.1) is 23.6 Å². The Kier molecular flexibility index (Phi) is 4.63. The molecule has 21 heavy (non-hydrogen) atoms. The van der Waals surface area contributed by atoms with Crippen molar-refractivity contribution in [2.24, 2.45) is 5.92 Å². The van der Waals surface area contributed by atoms with Crippen molar-refractivity contribution in [2.45, 2.75) is 26.8 Å². The van der Waals surface area contributed by atoms with Gasteiger partial charge in [0.2, 0.25) is 5.91 Å². The topological polar surface area (TPSA) is 61.0 Å². The summed E-state index contributed by atoms with van der Waals surface area (Å²) >= 11 is 0. The molecule has 0 fully saturated rings. The lowest BCUT2D eigenvalue weighted by Crippen LogP contribution is -2.38. The molecule has 1 aromatic carbocycles. The van der Waals surface area contributed by atoms with Gasteiger partial charge in [-0.3, -0.25) is 4.79 Å². The summed E-state index contributed by atoms with van der Waals surface area (Å²) in [6.45, 7) is 6.60. The molecule has 0 aliphatic carbocycles. The minimum Gasteiger partial charge on any atom is -0.345 e. The molecule has 5 nitrogen and oxygen atoms in total. The van der Waals surface area contributed by atoms with E-state index in [1.165, 1.54) is 5.56 Å². The van der Waals surface area contributed by atoms with Crippen LogP contribution in [0.1, 0.15) is 31.3 Å². The van der Waals surface area contributed by atoms with Crippen LogP contribution in [-0.2, 0) is 4.79 Å². The largest absolute Gasteiger partial charge is 0.345 e. The molecular weight excluding hydrogens is 264 g/mol. The first kappa shape index (κ1) is 15.5. The number of nitrogens with one attached hydrogen (secondary N) is 2. The predicted octanol–water partition coefficient (Wildman–Crippen LogP) is 2.25. The van der Waals surface area contributed by atoms with Crippen LogP contribution in [0.2, 0.25) is 0 Å². The van der Waals surface area contributed by atoms with Gasteiger partial charge in [0.1, 0.15) is 5.82 Å². The molecule has 0 saturated carbocycles. The Hall–Kier alpha value is -1.88. The number of rotatable bonds is 5. The number of hydrogen-bond donors (Lipinski definition) is 2. The van der Waals surface area contributed by atoms with Gasteiger partial charge in [-0.15, -0.1) is 0 Å². The molecule has 0 spiro atoms. The summed E-state index contributed by atoms with van der Waals surface area (Å²) in [4.78, 5) is 21.8. The van der Waals surface area contributed by atoms with Crippen molar-refractivity contribution in [1.82, 2.24) is 20.2 Å². The molecule has 1 aromatic heterocycles. The first-order chi connectivity index (χ1) is 9.86. The van der Waals surface area contributed by atoms with E-state index in [4.69, 9.17) is 0 Å². The first-order valence-corrected chi connectivity index (χ1v) is 7.27. The Labute approximate surface area is 125 Å². The summed E-state index contributed by atoms with van der Waals surface area (Å²) in [5, 5.41) is 3.07. The molecule has 0 radical (unpaired) electrons. The molecule has 0 aliphatic rings. The van der Waals surface area contributed by atoms with Crippen molar-refractivity contribution < 1.29 is 4.79 Å². The molecule has 2 rings (SSSR count). The molecule has 1 amide bonds. The van der Waals surface area contributed by atoms with Crippen LogP contribution >= 0.6 is 0 Å². The number of aryl methyl sites for hydroxylation is 1. The third kappa shape index (κ3) is 3.82. The molecule has 1 heterocycles. The highest BCUT2D eigenvalue weighted by Gasteiger charge is 2.21. The second-order valence-corrected chi connectivity index (χ2v) is 6.17. The van der Waals surface area contributed by atoms with Gasteiger partial charge in [0.25, 0.3) is 0 Å². The summed E-state index contributed by atoms with van der Waals surface area (Å²) in [6, 6.07) is 6.02. The lowest BCUT2D eigenvalue weighted by atomic mass is 10.0. The van der Waals surface area contributed by atoms with Crippen molar-refractivity contribution in [3.63, 3.8) is 0 Å². The van der Waals surface area contributed by atoms with Crippen LogP contribution in [0.15, 0.2) is 18.2 Å². The normalized spacial score (nSPS) is 13.1. The maximum absolute atomic E-state index is 12.0. The van der Waals surface area contributed by atoms with Crippen LogP contribution in [0.4, 0.5) is 0 Å². The molecule has 2 N–H and O–H groups in total. The highest BCUT2D eigenvalue weighted by Crippen LogP contribution is 2.22. The van der Waals surface area contributed by atoms with E-state index in [9.17, 15) is 4.79 Å². The minimum atomic E-state index is -0.106. The van der Waals surface area contributed by atoms with E-state index in [-0.39, 0.29) is 17.9 Å². The monoisotopic (exact) mass is 288 g/mol. The Balaban J connectivity index is 2.25. The van der Waals surface area contributed by atoms with Gasteiger partial charge < -0.3 is 15.2 Å². The summed E-state index contributed by atoms with van der Waals surface area (Å²) in [6.07, 6.45) is 0. The second-order valence-electron chi connectivity index (χ2n) is 6.17. The zero-order valence-corrected chi connectivity index (χ0v) is 13.4. The van der Waals surface area contributed by atoms with Gasteiger partial charge in [-0.05, 0) is 44.6 Å². The van der Waals surface area contributed by atoms with Gasteiger partial charge in [-0.2, -0.15) is 0 Å². The van der Waals surface area contributed by atoms with Gasteiger partial charge >= 0.3 is 0 Å². The maximum Gasteiger partial charge on any atom is 0.234 e. The van der Waals surface area contributed by atoms with Gasteiger partial charge in [0.15, 0.2) is 0 Å². The second kappa shape index (κ2) is 6.26. The highest BCUT2D eigenvalue weighted by atomic mass is 16.2. The van der Waals surface area contributed by atoms with E-state index in [2.05, 4.69) is 42.1 Å². The number of benzene rings is 1. The summed E-state index contributed by atoms with van der Waals surface area (Å²) < 4.78 is 0. The summed E-state index contributed by atoms with van der Waals surface area (Å²) in [5.41, 5.74) is 3.14. The fourth-order valence-electron chi connectivity index (χ4n) is 2.35. The van der Waals surface area contributed by atoms with Gasteiger partial charge in [0, 0.05) is 0 Å². The van der Waals surface area contributed by atoms with Crippen molar-refractivity contribution in [3.8, 4) is 0 Å². The summed E-state index contributed by atoms with van der Waals surface area (Å²) in [5.74, 6) is 1.09. The van der Waals surface area contributed by atoms with Crippen LogP contribution < -0.4 is 5.32 Å². The number of hydrogen-bond acceptors (Lipinski definition) is 3. The number of imidazole rings is 1. The summed E-state index contributed by atoms with van der Waals surface area (Å²) in [7, 11) is 3.77. The number of likely N-dealkylation sites (N-methyl/N-ethyl adjacent to an activating group) is 1. The lowest BCUT2D eigenvalue weighted by molar-refractivity contribution is -0.122. The van der Waals surface area contributed by atoms with E-state index in [0.717, 1.165) is 16.9 Å². The third-order valence-electron chi connectivity index (χ3n) is 3.39. The zero-order valence-electron chi connectivity index (χ0n) is 13.4. The van der Waals surface area contributed by atoms with Gasteiger partial charge in [-0.1, -0.05) is 19.9 Å². The van der Waals surface area contributed by atoms with E-state index in [0.29, 0.717) is 6.54 Å². The molecule has 114 valence electrons. The Morgan fingerprint density at radius 1 is 1.38 bits per heavy atom. The van der Waals surface area contributed by atoms with Crippen molar-refractivity contribution in [3.05, 3.63) is 29.6 Å². The van der Waals surface area contributed by atoms with E-state index in [1.54, 1.807) is 0 Å². The predicted molar refractivity (Wildman–Crippen MR) is 85.1 cm³/mol. The SMILES string of the molecule is Cc1ccc2nc([C@H](NC(=O)CN(C)C)C(C)C)[nH]c2c1. The Morgan fingerprint density at radius 3 is 2.71 bits per heavy atom. The van der Waals surface area contributed by atoms with Gasteiger partial charge in [-0.25, -0.2) is 4.98 Å². The maximum atomic E-state index is 12.0. The van der Waals surface area contributed by atoms with Crippen LogP contribution in [-0.4, -0.2) is 41.4 Å². The average molecular weight is 288 g/mol. The number of carbonyl (C=O) groups is 1. The van der Waals surface area contributed by atoms with Crippen LogP contribution in [0.5, 0.6) is 0 Å². The number of nitrogens with zero attached hydrogens (tertiary/aromatic N) is 2. The van der Waals surface area contributed by atoms with Crippen LogP contribution in [0.25, 0.3) is 11.0 Å². The molecule has 0 unspecified atom stereocenters. The molecule has 2 aromatic rings. The van der Waals surface area contributed by atoms with Crippen LogP contribution in [0, 0.1) is 12.8 Å². The Morgan fingerprint density at radius 2 is 2.10 bits per heavy atom. The van der Waals surface area contributed by atoms with Crippen molar-refractivity contribution in [1.29, 1.82) is 0 Å². The zero-order chi connectivity index (χ0) is 15.6. The van der Waals surface area contributed by atoms with Crippen LogP contribution in [0.3, 0.4) is 0 Å². The average Bonchev–Trinajstić information content (AvgIpc) is 2.77. The van der Waals surface area contributed by atoms with E-state index < -0.39 is 0 Å². The smallest absolute Gasteiger partial charge is 0.234 e. The number of fused-ring (bicyclic) bond motifs is 1. The van der Waals surface area contributed by atoms with E-state index >= 15 is 0 Å². The molecule has 1 atom stereocenters. The Bertz CT molecular complexity index is 630. The number of H-pyrrole nitrogens is 1. The standard InChI is InChI=1S/C16H24N4O/c1-10(2)15(19-14(21)9-20(4)5)16-17-12-7-6-11(3)8-13(12)18-16/h6-8,10,15H,9H2,1-5H3,(H,17,18)(H,19,21)/t15-/m1/s1. The van der Waals surface area contributed by atoms with E-state index in [1.807, 2.05) is 31.1 Å². The fourth-order valence-corrected chi connectivity index (χ4v) is 2.35. The molecule has 0 saturated heterocycles. The number of aromatic nitrogens is 2. The number of carbonyl (C=O) groups excluding carboxylic acids is 1. The molecule has 0 bridgehead atoms. The highest BCUT2D eigenvalue weighted by molar-refractivity contribution is 5.79. The fraction of sp³-hybridized carbons (Fsp3) is 0.500. The third-order valence-corrected chi connectivity index (χ3v) is 3.39.